The van der Waals surface area contributed by atoms with Crippen LogP contribution < -0.4 is 11.1 Å². The molecule has 0 bridgehead atoms. The molecule has 2 heterocycles. The first kappa shape index (κ1) is 12.0. The van der Waals surface area contributed by atoms with Gasteiger partial charge in [0.25, 0.3) is 5.69 Å². The predicted octanol–water partition coefficient (Wildman–Crippen LogP) is 0.278. The minimum absolute atomic E-state index is 0.184. The zero-order valence-corrected chi connectivity index (χ0v) is 9.86. The number of fused-ring (bicyclic) bond motifs is 1. The van der Waals surface area contributed by atoms with Crippen molar-refractivity contribution in [3.05, 3.63) is 48.5 Å². The van der Waals surface area contributed by atoms with Crippen molar-refractivity contribution in [1.29, 1.82) is 0 Å². The molecule has 0 saturated carbocycles. The maximum Gasteiger partial charge on any atom is 0.314 e. The molecule has 0 aliphatic carbocycles. The van der Waals surface area contributed by atoms with E-state index >= 15 is 0 Å². The number of benzene rings is 1. The fourth-order valence-electron chi connectivity index (χ4n) is 1.99. The maximum absolute atomic E-state index is 11.3. The van der Waals surface area contributed by atoms with Crippen molar-refractivity contribution in [3.8, 4) is 0 Å². The maximum atomic E-state index is 11.3. The molecule has 1 aromatic heterocycles. The average Bonchev–Trinajstić information content (AvgIpc) is 2.92. The number of hydrogen-bond donors (Lipinski definition) is 2. The highest BCUT2D eigenvalue weighted by atomic mass is 16.6. The van der Waals surface area contributed by atoms with Gasteiger partial charge in [-0.25, -0.2) is 4.99 Å². The van der Waals surface area contributed by atoms with Crippen LogP contribution in [-0.2, 0) is 0 Å². The number of aliphatic imine (C=N–C) groups is 2. The Morgan fingerprint density at radius 2 is 1.80 bits per heavy atom. The van der Waals surface area contributed by atoms with E-state index in [1.807, 2.05) is 0 Å². The van der Waals surface area contributed by atoms with Crippen LogP contribution in [0.5, 0.6) is 0 Å². The van der Waals surface area contributed by atoms with Crippen LogP contribution in [0.2, 0.25) is 0 Å². The molecule has 1 aliphatic heterocycles. The molecule has 9 heteroatoms. The largest absolute Gasteiger partial charge is 0.316 e. The van der Waals surface area contributed by atoms with Gasteiger partial charge < -0.3 is 9.97 Å². The summed E-state index contributed by atoms with van der Waals surface area (Å²) >= 11 is 0. The summed E-state index contributed by atoms with van der Waals surface area (Å²) in [5.74, 6) is 0. The summed E-state index contributed by atoms with van der Waals surface area (Å²) in [6.45, 7) is 0. The van der Waals surface area contributed by atoms with E-state index in [9.17, 15) is 19.7 Å². The van der Waals surface area contributed by atoms with E-state index in [2.05, 4.69) is 20.0 Å². The Kier molecular flexibility index (Phi) is 2.53. The van der Waals surface area contributed by atoms with Crippen LogP contribution in [0.3, 0.4) is 0 Å². The van der Waals surface area contributed by atoms with Crippen LogP contribution in [0.25, 0.3) is 11.0 Å². The number of aromatic amines is 2. The van der Waals surface area contributed by atoms with Crippen LogP contribution in [-0.4, -0.2) is 27.4 Å². The number of nitrogens with zero attached hydrogens (tertiary/aromatic N) is 3. The van der Waals surface area contributed by atoms with Crippen LogP contribution >= 0.6 is 0 Å². The van der Waals surface area contributed by atoms with Gasteiger partial charge in [-0.1, -0.05) is 0 Å². The van der Waals surface area contributed by atoms with E-state index in [-0.39, 0.29) is 11.2 Å². The third-order valence-corrected chi connectivity index (χ3v) is 2.91. The molecule has 1 atom stereocenters. The standard InChI is InChI=1S/C11H7N5O4/c17-10-11(18)15-7-2-9(16(19)20)5(1-6(7)14-10)8-3-12-4-13-8/h1-4,8H,(H,14,17)(H,15,18). The van der Waals surface area contributed by atoms with Crippen LogP contribution in [0.4, 0.5) is 5.69 Å². The summed E-state index contributed by atoms with van der Waals surface area (Å²) in [6.07, 6.45) is 2.76. The lowest BCUT2D eigenvalue weighted by Gasteiger charge is -2.07. The summed E-state index contributed by atoms with van der Waals surface area (Å²) in [5.41, 5.74) is -1.10. The average molecular weight is 273 g/mol. The molecule has 9 nitrogen and oxygen atoms in total. The number of nitrogens with one attached hydrogen (secondary N) is 2. The number of hydrogen-bond acceptors (Lipinski definition) is 6. The van der Waals surface area contributed by atoms with E-state index in [4.69, 9.17) is 0 Å². The Hall–Kier alpha value is -3.10. The lowest BCUT2D eigenvalue weighted by atomic mass is 10.1. The molecular formula is C11H7N5O4. The Labute approximate surface area is 109 Å². The number of rotatable bonds is 2. The van der Waals surface area contributed by atoms with Gasteiger partial charge in [0.1, 0.15) is 12.4 Å². The highest BCUT2D eigenvalue weighted by molar-refractivity contribution is 5.87. The van der Waals surface area contributed by atoms with Gasteiger partial charge in [-0.3, -0.25) is 24.7 Å². The van der Waals surface area contributed by atoms with Gasteiger partial charge in [-0.05, 0) is 6.07 Å². The molecule has 2 aromatic rings. The van der Waals surface area contributed by atoms with Crippen molar-refractivity contribution in [2.45, 2.75) is 6.04 Å². The van der Waals surface area contributed by atoms with E-state index in [1.54, 1.807) is 0 Å². The van der Waals surface area contributed by atoms with Gasteiger partial charge in [0.15, 0.2) is 0 Å². The van der Waals surface area contributed by atoms with Gasteiger partial charge in [0, 0.05) is 12.3 Å². The third kappa shape index (κ3) is 1.81. The first-order valence-corrected chi connectivity index (χ1v) is 5.56. The minimum atomic E-state index is -0.861. The molecule has 1 unspecified atom stereocenters. The highest BCUT2D eigenvalue weighted by Gasteiger charge is 2.23. The summed E-state index contributed by atoms with van der Waals surface area (Å²) in [4.78, 5) is 45.5. The fourth-order valence-corrected chi connectivity index (χ4v) is 1.99. The number of H-pyrrole nitrogens is 2. The van der Waals surface area contributed by atoms with Gasteiger partial charge in [0.05, 0.1) is 21.5 Å². The monoisotopic (exact) mass is 273 g/mol. The SMILES string of the molecule is O=c1[nH]c2cc(C3C=NC=N3)c([N+](=O)[O-])cc2[nH]c1=O. The summed E-state index contributed by atoms with van der Waals surface area (Å²) in [7, 11) is 0. The lowest BCUT2D eigenvalue weighted by molar-refractivity contribution is -0.385. The number of nitro groups is 1. The molecular weight excluding hydrogens is 266 g/mol. The first-order chi connectivity index (χ1) is 9.56. The molecule has 0 saturated heterocycles. The van der Waals surface area contributed by atoms with Gasteiger partial charge >= 0.3 is 11.1 Å². The molecule has 100 valence electrons. The van der Waals surface area contributed by atoms with Crippen LogP contribution in [0, 0.1) is 10.1 Å². The summed E-state index contributed by atoms with van der Waals surface area (Å²) in [6, 6.07) is 2.05. The van der Waals surface area contributed by atoms with Gasteiger partial charge in [0.2, 0.25) is 0 Å². The quantitative estimate of drug-likeness (QED) is 0.461. The highest BCUT2D eigenvalue weighted by Crippen LogP contribution is 2.30. The minimum Gasteiger partial charge on any atom is -0.316 e. The van der Waals surface area contributed by atoms with E-state index in [0.29, 0.717) is 11.1 Å². The second-order valence-corrected chi connectivity index (χ2v) is 4.13. The zero-order valence-electron chi connectivity index (χ0n) is 9.86. The van der Waals surface area contributed by atoms with Crippen molar-refractivity contribution >= 4 is 29.3 Å². The topological polar surface area (TPSA) is 134 Å². The van der Waals surface area contributed by atoms with Gasteiger partial charge in [-0.15, -0.1) is 0 Å². The van der Waals surface area contributed by atoms with Crippen molar-refractivity contribution in [1.82, 2.24) is 9.97 Å². The smallest absolute Gasteiger partial charge is 0.314 e. The van der Waals surface area contributed by atoms with Crippen molar-refractivity contribution in [2.24, 2.45) is 9.98 Å². The van der Waals surface area contributed by atoms with Crippen molar-refractivity contribution in [2.75, 3.05) is 0 Å². The third-order valence-electron chi connectivity index (χ3n) is 2.91. The van der Waals surface area contributed by atoms with Crippen LogP contribution in [0.1, 0.15) is 11.6 Å². The Balaban J connectivity index is 2.35. The number of aromatic nitrogens is 2. The second-order valence-electron chi connectivity index (χ2n) is 4.13. The van der Waals surface area contributed by atoms with Gasteiger partial charge in [-0.2, -0.15) is 0 Å². The molecule has 0 spiro atoms. The molecule has 0 fully saturated rings. The fraction of sp³-hybridized carbons (Fsp3) is 0.0909. The van der Waals surface area contributed by atoms with E-state index in [0.717, 1.165) is 0 Å². The zero-order chi connectivity index (χ0) is 14.3. The normalized spacial score (nSPS) is 16.9. The second kappa shape index (κ2) is 4.23. The molecule has 0 radical (unpaired) electrons. The number of nitro benzene ring substituents is 1. The van der Waals surface area contributed by atoms with E-state index < -0.39 is 22.1 Å². The van der Waals surface area contributed by atoms with Crippen LogP contribution in [0.15, 0.2) is 31.7 Å². The lowest BCUT2D eigenvalue weighted by Crippen LogP contribution is -2.29. The Morgan fingerprint density at radius 1 is 1.15 bits per heavy atom. The molecule has 1 aliphatic rings. The summed E-state index contributed by atoms with van der Waals surface area (Å²) in [5, 5.41) is 11.1. The molecule has 0 amide bonds. The Bertz CT molecular complexity index is 880. The molecule has 3 rings (SSSR count). The predicted molar refractivity (Wildman–Crippen MR) is 71.6 cm³/mol. The molecule has 2 N–H and O–H groups in total. The molecule has 20 heavy (non-hydrogen) atoms. The van der Waals surface area contributed by atoms with E-state index in [1.165, 1.54) is 24.7 Å². The first-order valence-electron chi connectivity index (χ1n) is 5.56. The Morgan fingerprint density at radius 3 is 2.35 bits per heavy atom. The molecule has 1 aromatic carbocycles. The summed E-state index contributed by atoms with van der Waals surface area (Å²) < 4.78 is 0. The van der Waals surface area contributed by atoms with Crippen molar-refractivity contribution in [3.63, 3.8) is 0 Å². The van der Waals surface area contributed by atoms with Crippen molar-refractivity contribution < 1.29 is 4.92 Å².